The van der Waals surface area contributed by atoms with Crippen molar-refractivity contribution in [3.05, 3.63) is 5.82 Å². The monoisotopic (exact) mass is 281 g/mol. The van der Waals surface area contributed by atoms with Crippen LogP contribution >= 0.6 is 0 Å². The number of nitrogens with zero attached hydrogens (tertiary/aromatic N) is 5. The highest BCUT2D eigenvalue weighted by Crippen LogP contribution is 2.17. The minimum absolute atomic E-state index is 0.181. The highest BCUT2D eigenvalue weighted by atomic mass is 16.4. The van der Waals surface area contributed by atoms with Gasteiger partial charge < -0.3 is 14.9 Å². The van der Waals surface area contributed by atoms with Crippen LogP contribution in [0, 0.1) is 5.92 Å². The molecule has 0 bridgehead atoms. The van der Waals surface area contributed by atoms with Crippen molar-refractivity contribution in [1.29, 1.82) is 0 Å². The molecule has 1 N–H and O–H groups in total. The molecule has 1 atom stereocenters. The topological polar surface area (TPSA) is 82.5 Å². The van der Waals surface area contributed by atoms with Crippen molar-refractivity contribution < 1.29 is 9.90 Å². The van der Waals surface area contributed by atoms with Gasteiger partial charge in [0.2, 0.25) is 11.9 Å². The van der Waals surface area contributed by atoms with Crippen molar-refractivity contribution in [2.45, 2.75) is 26.7 Å². The molecule has 1 heterocycles. The zero-order valence-electron chi connectivity index (χ0n) is 13.0. The first kappa shape index (κ1) is 16.1. The summed E-state index contributed by atoms with van der Waals surface area (Å²) < 4.78 is 0. The highest BCUT2D eigenvalue weighted by molar-refractivity contribution is 5.70. The Labute approximate surface area is 119 Å². The van der Waals surface area contributed by atoms with Crippen LogP contribution in [0.2, 0.25) is 0 Å². The summed E-state index contributed by atoms with van der Waals surface area (Å²) in [5, 5.41) is 8.98. The van der Waals surface area contributed by atoms with Crippen LogP contribution in [0.3, 0.4) is 0 Å². The predicted octanol–water partition coefficient (Wildman–Crippen LogP) is 1.22. The molecule has 1 unspecified atom stereocenters. The molecule has 7 heteroatoms. The number of carboxylic acid groups (broad SMARTS) is 1. The van der Waals surface area contributed by atoms with Gasteiger partial charge in [-0.1, -0.05) is 20.8 Å². The Hall–Kier alpha value is -1.92. The Bertz CT molecular complexity index is 450. The number of hydrogen-bond acceptors (Lipinski definition) is 6. The third kappa shape index (κ3) is 4.04. The summed E-state index contributed by atoms with van der Waals surface area (Å²) in [4.78, 5) is 27.7. The van der Waals surface area contributed by atoms with Crippen LogP contribution in [0.5, 0.6) is 0 Å². The molecule has 1 aromatic heterocycles. The second kappa shape index (κ2) is 6.49. The van der Waals surface area contributed by atoms with Gasteiger partial charge in [0.1, 0.15) is 5.82 Å². The van der Waals surface area contributed by atoms with Crippen molar-refractivity contribution in [3.63, 3.8) is 0 Å². The molecule has 112 valence electrons. The maximum atomic E-state index is 10.9. The highest BCUT2D eigenvalue weighted by Gasteiger charge is 2.18. The molecule has 20 heavy (non-hydrogen) atoms. The van der Waals surface area contributed by atoms with Gasteiger partial charge in [-0.05, 0) is 0 Å². The average Bonchev–Trinajstić information content (AvgIpc) is 2.37. The molecule has 0 saturated carbocycles. The van der Waals surface area contributed by atoms with Crippen LogP contribution in [-0.2, 0) is 4.79 Å². The van der Waals surface area contributed by atoms with Gasteiger partial charge in [0.05, 0.1) is 5.92 Å². The van der Waals surface area contributed by atoms with Crippen LogP contribution in [-0.4, -0.2) is 53.7 Å². The number of anilines is 2. The van der Waals surface area contributed by atoms with Crippen molar-refractivity contribution in [3.8, 4) is 0 Å². The van der Waals surface area contributed by atoms with Gasteiger partial charge in [0.15, 0.2) is 0 Å². The Balaban J connectivity index is 3.06. The van der Waals surface area contributed by atoms with Crippen LogP contribution in [0.15, 0.2) is 0 Å². The maximum Gasteiger partial charge on any atom is 0.308 e. The summed E-state index contributed by atoms with van der Waals surface area (Å²) in [6, 6.07) is 0. The van der Waals surface area contributed by atoms with E-state index in [1.807, 2.05) is 32.8 Å². The fourth-order valence-electron chi connectivity index (χ4n) is 1.57. The number of carbonyl (C=O) groups is 1. The number of carboxylic acids is 1. The summed E-state index contributed by atoms with van der Waals surface area (Å²) in [5.41, 5.74) is 0. The molecule has 0 amide bonds. The first-order chi connectivity index (χ1) is 9.22. The Morgan fingerprint density at radius 2 is 1.65 bits per heavy atom. The standard InChI is InChI=1S/C13H23N5O2/c1-8(2)10-14-12(17(4)5)16-13(15-10)18(6)7-9(3)11(19)20/h8-9H,7H2,1-6H3,(H,19,20). The summed E-state index contributed by atoms with van der Waals surface area (Å²) in [6.07, 6.45) is 0. The molecule has 0 aliphatic heterocycles. The van der Waals surface area contributed by atoms with Crippen molar-refractivity contribution in [2.75, 3.05) is 37.5 Å². The van der Waals surface area contributed by atoms with E-state index >= 15 is 0 Å². The molecule has 0 radical (unpaired) electrons. The van der Waals surface area contributed by atoms with Crippen molar-refractivity contribution in [1.82, 2.24) is 15.0 Å². The van der Waals surface area contributed by atoms with Crippen molar-refractivity contribution in [2.24, 2.45) is 5.92 Å². The molecule has 0 aliphatic rings. The van der Waals surface area contributed by atoms with E-state index in [9.17, 15) is 4.79 Å². The normalized spacial score (nSPS) is 12.3. The molecule has 1 aromatic rings. The van der Waals surface area contributed by atoms with Gasteiger partial charge in [-0.2, -0.15) is 15.0 Å². The third-order valence-electron chi connectivity index (χ3n) is 2.86. The van der Waals surface area contributed by atoms with E-state index in [0.29, 0.717) is 24.3 Å². The molecule has 0 aliphatic carbocycles. The smallest absolute Gasteiger partial charge is 0.308 e. The second-order valence-electron chi connectivity index (χ2n) is 5.46. The van der Waals surface area contributed by atoms with Crippen LogP contribution in [0.25, 0.3) is 0 Å². The molecule has 0 saturated heterocycles. The van der Waals surface area contributed by atoms with Crippen molar-refractivity contribution >= 4 is 17.9 Å². The van der Waals surface area contributed by atoms with Gasteiger partial charge >= 0.3 is 5.97 Å². The van der Waals surface area contributed by atoms with Crippen LogP contribution < -0.4 is 9.80 Å². The fraction of sp³-hybridized carbons (Fsp3) is 0.692. The molecule has 0 fully saturated rings. The van der Waals surface area contributed by atoms with Gasteiger partial charge in [-0.15, -0.1) is 0 Å². The van der Waals surface area contributed by atoms with E-state index < -0.39 is 11.9 Å². The van der Waals surface area contributed by atoms with E-state index in [-0.39, 0.29) is 5.92 Å². The molecule has 0 aromatic carbocycles. The first-order valence-electron chi connectivity index (χ1n) is 6.59. The van der Waals surface area contributed by atoms with Crippen LogP contribution in [0.4, 0.5) is 11.9 Å². The van der Waals surface area contributed by atoms with E-state index in [2.05, 4.69) is 15.0 Å². The van der Waals surface area contributed by atoms with E-state index in [4.69, 9.17) is 5.11 Å². The van der Waals surface area contributed by atoms with Gasteiger partial charge in [-0.25, -0.2) is 0 Å². The minimum atomic E-state index is -0.831. The summed E-state index contributed by atoms with van der Waals surface area (Å²) in [6.45, 7) is 6.04. The number of rotatable bonds is 6. The average molecular weight is 281 g/mol. The molecule has 1 rings (SSSR count). The lowest BCUT2D eigenvalue weighted by molar-refractivity contribution is -0.140. The summed E-state index contributed by atoms with van der Waals surface area (Å²) in [7, 11) is 5.52. The lowest BCUT2D eigenvalue weighted by Gasteiger charge is -2.22. The SMILES string of the molecule is CC(CN(C)c1nc(C(C)C)nc(N(C)C)n1)C(=O)O. The summed E-state index contributed by atoms with van der Waals surface area (Å²) >= 11 is 0. The molecular formula is C13H23N5O2. The Morgan fingerprint density at radius 3 is 2.10 bits per heavy atom. The third-order valence-corrected chi connectivity index (χ3v) is 2.86. The van der Waals surface area contributed by atoms with Gasteiger partial charge in [-0.3, -0.25) is 4.79 Å². The van der Waals surface area contributed by atoms with Gasteiger partial charge in [0.25, 0.3) is 0 Å². The fourth-order valence-corrected chi connectivity index (χ4v) is 1.57. The lowest BCUT2D eigenvalue weighted by atomic mass is 10.2. The number of aromatic nitrogens is 3. The Kier molecular flexibility index (Phi) is 5.24. The predicted molar refractivity (Wildman–Crippen MR) is 78.3 cm³/mol. The number of hydrogen-bond donors (Lipinski definition) is 1. The second-order valence-corrected chi connectivity index (χ2v) is 5.46. The van der Waals surface area contributed by atoms with Gasteiger partial charge in [0, 0.05) is 33.6 Å². The first-order valence-corrected chi connectivity index (χ1v) is 6.59. The zero-order valence-corrected chi connectivity index (χ0v) is 13.0. The molecular weight excluding hydrogens is 258 g/mol. The minimum Gasteiger partial charge on any atom is -0.481 e. The van der Waals surface area contributed by atoms with E-state index in [1.54, 1.807) is 18.9 Å². The Morgan fingerprint density at radius 1 is 1.10 bits per heavy atom. The molecule has 0 spiro atoms. The largest absolute Gasteiger partial charge is 0.481 e. The van der Waals surface area contributed by atoms with Crippen LogP contribution in [0.1, 0.15) is 32.5 Å². The number of aliphatic carboxylic acids is 1. The molecule has 7 nitrogen and oxygen atoms in total. The van der Waals surface area contributed by atoms with E-state index in [1.165, 1.54) is 0 Å². The summed E-state index contributed by atoms with van der Waals surface area (Å²) in [5.74, 6) is 0.646. The zero-order chi connectivity index (χ0) is 15.4. The lowest BCUT2D eigenvalue weighted by Crippen LogP contribution is -2.30. The quantitative estimate of drug-likeness (QED) is 0.839. The van der Waals surface area contributed by atoms with E-state index in [0.717, 1.165) is 0 Å². The maximum absolute atomic E-state index is 10.9.